The molecule has 0 bridgehead atoms. The molecule has 1 aliphatic rings. The van der Waals surface area contributed by atoms with Crippen molar-refractivity contribution in [3.63, 3.8) is 0 Å². The Morgan fingerprint density at radius 1 is 1.37 bits per heavy atom. The number of benzene rings is 1. The fourth-order valence-electron chi connectivity index (χ4n) is 2.81. The van der Waals surface area contributed by atoms with Crippen LogP contribution in [-0.2, 0) is 4.79 Å². The van der Waals surface area contributed by atoms with Gasteiger partial charge in [0.1, 0.15) is 0 Å². The molecule has 1 fully saturated rings. The maximum Gasteiger partial charge on any atom is 0.221 e. The quantitative estimate of drug-likeness (QED) is 0.828. The van der Waals surface area contributed by atoms with Crippen LogP contribution < -0.4 is 11.5 Å². The molecule has 0 aliphatic carbocycles. The smallest absolute Gasteiger partial charge is 0.221 e. The second kappa shape index (κ2) is 6.68. The second-order valence-electron chi connectivity index (χ2n) is 5.34. The minimum absolute atomic E-state index is 0.00273. The molecule has 1 aromatic rings. The number of piperidine rings is 1. The number of hydrogen-bond donors (Lipinski definition) is 2. The first-order valence-electron chi connectivity index (χ1n) is 6.97. The monoisotopic (exact) mass is 261 g/mol. The number of carbonyl (C=O) groups excluding carboxylic acids is 1. The summed E-state index contributed by atoms with van der Waals surface area (Å²) >= 11 is 0. The van der Waals surface area contributed by atoms with Crippen LogP contribution in [0.1, 0.15) is 24.3 Å². The van der Waals surface area contributed by atoms with Crippen LogP contribution in [0.5, 0.6) is 0 Å². The van der Waals surface area contributed by atoms with E-state index in [1.54, 1.807) is 0 Å². The number of primary amides is 1. The minimum atomic E-state index is -0.172. The lowest BCUT2D eigenvalue weighted by atomic mass is 9.94. The van der Waals surface area contributed by atoms with Crippen LogP contribution in [0.3, 0.4) is 0 Å². The standard InChI is InChI=1S/C15H23N3O/c16-9-14(12-5-2-1-3-6-12)11-18-8-4-7-13(10-18)15(17)19/h1-3,5-6,13-14H,4,7-11,16H2,(H2,17,19). The average molecular weight is 261 g/mol. The highest BCUT2D eigenvalue weighted by molar-refractivity contribution is 5.76. The van der Waals surface area contributed by atoms with Gasteiger partial charge in [0.05, 0.1) is 5.92 Å². The molecule has 19 heavy (non-hydrogen) atoms. The van der Waals surface area contributed by atoms with Crippen LogP contribution in [0.4, 0.5) is 0 Å². The van der Waals surface area contributed by atoms with E-state index in [-0.39, 0.29) is 11.8 Å². The molecule has 1 aromatic carbocycles. The first-order valence-corrected chi connectivity index (χ1v) is 6.97. The molecule has 104 valence electrons. The number of nitrogens with zero attached hydrogens (tertiary/aromatic N) is 1. The van der Waals surface area contributed by atoms with Gasteiger partial charge in [-0.3, -0.25) is 4.79 Å². The van der Waals surface area contributed by atoms with E-state index in [4.69, 9.17) is 11.5 Å². The third-order valence-electron chi connectivity index (χ3n) is 3.94. The molecule has 0 radical (unpaired) electrons. The largest absolute Gasteiger partial charge is 0.369 e. The number of likely N-dealkylation sites (tertiary alicyclic amines) is 1. The molecule has 2 atom stereocenters. The Hall–Kier alpha value is -1.39. The van der Waals surface area contributed by atoms with Crippen molar-refractivity contribution in [2.75, 3.05) is 26.2 Å². The Labute approximate surface area is 114 Å². The van der Waals surface area contributed by atoms with Crippen molar-refractivity contribution in [1.82, 2.24) is 4.90 Å². The number of hydrogen-bond acceptors (Lipinski definition) is 3. The third kappa shape index (κ3) is 3.78. The van der Waals surface area contributed by atoms with Crippen LogP contribution in [-0.4, -0.2) is 37.0 Å². The van der Waals surface area contributed by atoms with Gasteiger partial charge >= 0.3 is 0 Å². The van der Waals surface area contributed by atoms with Gasteiger partial charge < -0.3 is 16.4 Å². The molecule has 4 heteroatoms. The van der Waals surface area contributed by atoms with Crippen molar-refractivity contribution in [1.29, 1.82) is 0 Å². The summed E-state index contributed by atoms with van der Waals surface area (Å²) in [6.07, 6.45) is 1.96. The number of nitrogens with two attached hydrogens (primary N) is 2. The summed E-state index contributed by atoms with van der Waals surface area (Å²) in [7, 11) is 0. The molecule has 4 N–H and O–H groups in total. The average Bonchev–Trinajstić information content (AvgIpc) is 2.46. The van der Waals surface area contributed by atoms with E-state index >= 15 is 0 Å². The lowest BCUT2D eigenvalue weighted by molar-refractivity contribution is -0.123. The fourth-order valence-corrected chi connectivity index (χ4v) is 2.81. The molecular formula is C15H23N3O. The van der Waals surface area contributed by atoms with Gasteiger partial charge in [-0.05, 0) is 24.9 Å². The van der Waals surface area contributed by atoms with E-state index in [9.17, 15) is 4.79 Å². The molecule has 4 nitrogen and oxygen atoms in total. The highest BCUT2D eigenvalue weighted by atomic mass is 16.1. The van der Waals surface area contributed by atoms with Crippen molar-refractivity contribution in [2.24, 2.45) is 17.4 Å². The van der Waals surface area contributed by atoms with E-state index in [1.807, 2.05) is 18.2 Å². The Balaban J connectivity index is 1.97. The molecule has 2 unspecified atom stereocenters. The topological polar surface area (TPSA) is 72.3 Å². The summed E-state index contributed by atoms with van der Waals surface area (Å²) in [5.41, 5.74) is 12.6. The molecular weight excluding hydrogens is 238 g/mol. The van der Waals surface area contributed by atoms with Gasteiger partial charge in [0.15, 0.2) is 0 Å². The SMILES string of the molecule is NCC(CN1CCCC(C(N)=O)C1)c1ccccc1. The molecule has 0 saturated carbocycles. The van der Waals surface area contributed by atoms with Crippen LogP contribution in [0, 0.1) is 5.92 Å². The molecule has 0 spiro atoms. The van der Waals surface area contributed by atoms with Gasteiger partial charge in [-0.25, -0.2) is 0 Å². The van der Waals surface area contributed by atoms with E-state index in [2.05, 4.69) is 17.0 Å². The zero-order chi connectivity index (χ0) is 13.7. The van der Waals surface area contributed by atoms with Crippen molar-refractivity contribution < 1.29 is 4.79 Å². The summed E-state index contributed by atoms with van der Waals surface area (Å²) < 4.78 is 0. The Kier molecular flexibility index (Phi) is 4.93. The molecule has 1 saturated heterocycles. The van der Waals surface area contributed by atoms with Gasteiger partial charge in [0.25, 0.3) is 0 Å². The molecule has 1 amide bonds. The fraction of sp³-hybridized carbons (Fsp3) is 0.533. The normalized spacial score (nSPS) is 22.1. The zero-order valence-electron chi connectivity index (χ0n) is 11.3. The zero-order valence-corrected chi connectivity index (χ0v) is 11.3. The first-order chi connectivity index (χ1) is 9.20. The lowest BCUT2D eigenvalue weighted by Crippen LogP contribution is -2.43. The van der Waals surface area contributed by atoms with E-state index in [1.165, 1.54) is 5.56 Å². The molecule has 1 heterocycles. The van der Waals surface area contributed by atoms with Crippen LogP contribution >= 0.6 is 0 Å². The maximum atomic E-state index is 11.3. The number of rotatable bonds is 5. The highest BCUT2D eigenvalue weighted by Crippen LogP contribution is 2.21. The van der Waals surface area contributed by atoms with Gasteiger partial charge in [-0.2, -0.15) is 0 Å². The Morgan fingerprint density at radius 3 is 2.74 bits per heavy atom. The maximum absolute atomic E-state index is 11.3. The summed E-state index contributed by atoms with van der Waals surface area (Å²) in [6, 6.07) is 10.3. The van der Waals surface area contributed by atoms with Gasteiger partial charge in [-0.1, -0.05) is 30.3 Å². The second-order valence-corrected chi connectivity index (χ2v) is 5.34. The van der Waals surface area contributed by atoms with E-state index < -0.39 is 0 Å². The van der Waals surface area contributed by atoms with Gasteiger partial charge in [-0.15, -0.1) is 0 Å². The van der Waals surface area contributed by atoms with E-state index in [0.717, 1.165) is 32.5 Å². The highest BCUT2D eigenvalue weighted by Gasteiger charge is 2.25. The molecule has 0 aromatic heterocycles. The predicted molar refractivity (Wildman–Crippen MR) is 76.6 cm³/mol. The summed E-state index contributed by atoms with van der Waals surface area (Å²) in [5, 5.41) is 0. The summed E-state index contributed by atoms with van der Waals surface area (Å²) in [5.74, 6) is 0.157. The van der Waals surface area contributed by atoms with Gasteiger partial charge in [0, 0.05) is 25.6 Å². The van der Waals surface area contributed by atoms with Crippen LogP contribution in [0.25, 0.3) is 0 Å². The Morgan fingerprint density at radius 2 is 2.11 bits per heavy atom. The van der Waals surface area contributed by atoms with Crippen molar-refractivity contribution in [3.05, 3.63) is 35.9 Å². The van der Waals surface area contributed by atoms with E-state index in [0.29, 0.717) is 12.5 Å². The number of amides is 1. The summed E-state index contributed by atoms with van der Waals surface area (Å²) in [4.78, 5) is 13.6. The lowest BCUT2D eigenvalue weighted by Gasteiger charge is -2.33. The Bertz CT molecular complexity index is 407. The predicted octanol–water partition coefficient (Wildman–Crippen LogP) is 0.926. The molecule has 2 rings (SSSR count). The van der Waals surface area contributed by atoms with Gasteiger partial charge in [0.2, 0.25) is 5.91 Å². The first kappa shape index (κ1) is 14.0. The van der Waals surface area contributed by atoms with Crippen molar-refractivity contribution >= 4 is 5.91 Å². The van der Waals surface area contributed by atoms with Crippen LogP contribution in [0.15, 0.2) is 30.3 Å². The third-order valence-corrected chi connectivity index (χ3v) is 3.94. The van der Waals surface area contributed by atoms with Crippen molar-refractivity contribution in [2.45, 2.75) is 18.8 Å². The van der Waals surface area contributed by atoms with Crippen LogP contribution in [0.2, 0.25) is 0 Å². The van der Waals surface area contributed by atoms with Crippen molar-refractivity contribution in [3.8, 4) is 0 Å². The number of carbonyl (C=O) groups is 1. The molecule has 1 aliphatic heterocycles. The minimum Gasteiger partial charge on any atom is -0.369 e. The summed E-state index contributed by atoms with van der Waals surface area (Å²) in [6.45, 7) is 3.35.